The van der Waals surface area contributed by atoms with Crippen LogP contribution in [0.5, 0.6) is 0 Å². The van der Waals surface area contributed by atoms with Gasteiger partial charge in [-0.05, 0) is 43.0 Å². The molecule has 4 heteroatoms. The van der Waals surface area contributed by atoms with Gasteiger partial charge in [-0.2, -0.15) is 0 Å². The van der Waals surface area contributed by atoms with Crippen LogP contribution in [0.1, 0.15) is 24.1 Å². The number of rotatable bonds is 1. The Morgan fingerprint density at radius 2 is 2.24 bits per heavy atom. The quantitative estimate of drug-likeness (QED) is 0.771. The van der Waals surface area contributed by atoms with Crippen LogP contribution < -0.4 is 0 Å². The number of aromatic nitrogens is 1. The standard InChI is InChI=1S/C13H13ClN2O/c1-17-16-12-4-2-3-9-10-7-8(14)5-6-11(10)15-13(9)12/h5-7,15H,2-4H2,1H3/b16-12+. The molecule has 0 atom stereocenters. The average molecular weight is 249 g/mol. The number of hydrogen-bond acceptors (Lipinski definition) is 2. The molecule has 1 aliphatic rings. The van der Waals surface area contributed by atoms with Gasteiger partial charge in [0.15, 0.2) is 0 Å². The molecule has 0 fully saturated rings. The number of oxime groups is 1. The lowest BCUT2D eigenvalue weighted by molar-refractivity contribution is 0.212. The highest BCUT2D eigenvalue weighted by atomic mass is 35.5. The van der Waals surface area contributed by atoms with Crippen LogP contribution in [0.4, 0.5) is 0 Å². The fourth-order valence-corrected chi connectivity index (χ4v) is 2.66. The molecule has 0 aliphatic heterocycles. The van der Waals surface area contributed by atoms with Crippen LogP contribution in [0.2, 0.25) is 5.02 Å². The summed E-state index contributed by atoms with van der Waals surface area (Å²) in [5.74, 6) is 0. The Kier molecular flexibility index (Phi) is 2.56. The maximum atomic E-state index is 6.05. The van der Waals surface area contributed by atoms with Crippen molar-refractivity contribution in [2.45, 2.75) is 19.3 Å². The Labute approximate surface area is 104 Å². The van der Waals surface area contributed by atoms with E-state index in [2.05, 4.69) is 10.1 Å². The van der Waals surface area contributed by atoms with Crippen LogP contribution in [0.25, 0.3) is 10.9 Å². The van der Waals surface area contributed by atoms with E-state index in [1.807, 2.05) is 18.2 Å². The third kappa shape index (κ3) is 1.71. The van der Waals surface area contributed by atoms with Gasteiger partial charge in [-0.15, -0.1) is 0 Å². The molecular formula is C13H13ClN2O. The van der Waals surface area contributed by atoms with Gasteiger partial charge in [0.2, 0.25) is 0 Å². The maximum absolute atomic E-state index is 6.05. The lowest BCUT2D eigenvalue weighted by atomic mass is 9.94. The first-order chi connectivity index (χ1) is 8.29. The molecule has 0 radical (unpaired) electrons. The zero-order valence-electron chi connectivity index (χ0n) is 9.59. The summed E-state index contributed by atoms with van der Waals surface area (Å²) >= 11 is 6.05. The molecule has 0 saturated carbocycles. The van der Waals surface area contributed by atoms with Crippen LogP contribution in [0.3, 0.4) is 0 Å². The molecule has 0 saturated heterocycles. The van der Waals surface area contributed by atoms with E-state index in [1.54, 1.807) is 7.11 Å². The van der Waals surface area contributed by atoms with Crippen molar-refractivity contribution in [3.05, 3.63) is 34.5 Å². The van der Waals surface area contributed by atoms with Gasteiger partial charge in [0.25, 0.3) is 0 Å². The molecule has 1 N–H and O–H groups in total. The first kappa shape index (κ1) is 10.7. The normalized spacial score (nSPS) is 17.4. The number of nitrogens with zero attached hydrogens (tertiary/aromatic N) is 1. The number of hydrogen-bond donors (Lipinski definition) is 1. The molecule has 1 aliphatic carbocycles. The van der Waals surface area contributed by atoms with Crippen molar-refractivity contribution in [3.8, 4) is 0 Å². The van der Waals surface area contributed by atoms with Gasteiger partial charge in [0, 0.05) is 15.9 Å². The van der Waals surface area contributed by atoms with E-state index in [0.29, 0.717) is 0 Å². The Balaban J connectivity index is 2.25. The fourth-order valence-electron chi connectivity index (χ4n) is 2.49. The second-order valence-electron chi connectivity index (χ2n) is 4.24. The van der Waals surface area contributed by atoms with Crippen LogP contribution in [0, 0.1) is 0 Å². The van der Waals surface area contributed by atoms with Crippen molar-refractivity contribution in [3.63, 3.8) is 0 Å². The number of benzene rings is 1. The summed E-state index contributed by atoms with van der Waals surface area (Å²) in [6.45, 7) is 0. The Morgan fingerprint density at radius 1 is 1.35 bits per heavy atom. The summed E-state index contributed by atoms with van der Waals surface area (Å²) in [6.07, 6.45) is 3.13. The molecule has 0 amide bonds. The minimum Gasteiger partial charge on any atom is -0.399 e. The van der Waals surface area contributed by atoms with Crippen LogP contribution in [-0.4, -0.2) is 17.8 Å². The molecule has 17 heavy (non-hydrogen) atoms. The third-order valence-corrected chi connectivity index (χ3v) is 3.43. The molecule has 3 nitrogen and oxygen atoms in total. The lowest BCUT2D eigenvalue weighted by Crippen LogP contribution is -2.11. The first-order valence-corrected chi connectivity index (χ1v) is 6.08. The van der Waals surface area contributed by atoms with Crippen molar-refractivity contribution < 1.29 is 4.84 Å². The third-order valence-electron chi connectivity index (χ3n) is 3.20. The van der Waals surface area contributed by atoms with Gasteiger partial charge < -0.3 is 9.82 Å². The topological polar surface area (TPSA) is 37.4 Å². The maximum Gasteiger partial charge on any atom is 0.106 e. The van der Waals surface area contributed by atoms with Gasteiger partial charge >= 0.3 is 0 Å². The number of fused-ring (bicyclic) bond motifs is 3. The highest BCUT2D eigenvalue weighted by Gasteiger charge is 2.21. The highest BCUT2D eigenvalue weighted by Crippen LogP contribution is 2.31. The smallest absolute Gasteiger partial charge is 0.106 e. The van der Waals surface area contributed by atoms with Crippen molar-refractivity contribution in [1.82, 2.24) is 4.98 Å². The van der Waals surface area contributed by atoms with E-state index in [0.717, 1.165) is 41.2 Å². The predicted molar refractivity (Wildman–Crippen MR) is 69.8 cm³/mol. The largest absolute Gasteiger partial charge is 0.399 e. The number of aromatic amines is 1. The van der Waals surface area contributed by atoms with Gasteiger partial charge in [-0.3, -0.25) is 0 Å². The van der Waals surface area contributed by atoms with Crippen molar-refractivity contribution >= 4 is 28.2 Å². The minimum atomic E-state index is 0.773. The van der Waals surface area contributed by atoms with E-state index < -0.39 is 0 Å². The summed E-state index contributed by atoms with van der Waals surface area (Å²) in [5.41, 5.74) is 4.53. The zero-order valence-corrected chi connectivity index (χ0v) is 10.3. The van der Waals surface area contributed by atoms with Gasteiger partial charge in [0.1, 0.15) is 12.8 Å². The molecule has 1 aromatic heterocycles. The molecular weight excluding hydrogens is 236 g/mol. The molecule has 3 rings (SSSR count). The lowest BCUT2D eigenvalue weighted by Gasteiger charge is -2.13. The molecule has 0 unspecified atom stereocenters. The molecule has 2 aromatic rings. The Hall–Kier alpha value is -1.48. The zero-order chi connectivity index (χ0) is 11.8. The summed E-state index contributed by atoms with van der Waals surface area (Å²) in [6, 6.07) is 5.93. The van der Waals surface area contributed by atoms with E-state index in [-0.39, 0.29) is 0 Å². The molecule has 1 aromatic carbocycles. The van der Waals surface area contributed by atoms with E-state index in [4.69, 9.17) is 16.4 Å². The SMILES string of the molecule is CO/N=C1\CCCc2c1[nH]c1ccc(Cl)cc21. The second-order valence-corrected chi connectivity index (χ2v) is 4.68. The molecule has 1 heterocycles. The van der Waals surface area contributed by atoms with Crippen molar-refractivity contribution in [2.24, 2.45) is 5.16 Å². The average Bonchev–Trinajstić information content (AvgIpc) is 2.69. The minimum absolute atomic E-state index is 0.773. The van der Waals surface area contributed by atoms with Crippen LogP contribution in [-0.2, 0) is 11.3 Å². The monoisotopic (exact) mass is 248 g/mol. The van der Waals surface area contributed by atoms with E-state index >= 15 is 0 Å². The number of nitrogens with one attached hydrogen (secondary N) is 1. The second kappa shape index (κ2) is 4.08. The first-order valence-electron chi connectivity index (χ1n) is 5.70. The van der Waals surface area contributed by atoms with Crippen LogP contribution >= 0.6 is 11.6 Å². The molecule has 0 bridgehead atoms. The summed E-state index contributed by atoms with van der Waals surface area (Å²) in [7, 11) is 1.58. The predicted octanol–water partition coefficient (Wildman–Crippen LogP) is 3.51. The molecule has 0 spiro atoms. The van der Waals surface area contributed by atoms with Gasteiger partial charge in [-0.1, -0.05) is 16.8 Å². The van der Waals surface area contributed by atoms with Crippen LogP contribution in [0.15, 0.2) is 23.4 Å². The van der Waals surface area contributed by atoms with Gasteiger partial charge in [-0.25, -0.2) is 0 Å². The Morgan fingerprint density at radius 3 is 3.06 bits per heavy atom. The number of halogens is 1. The fraction of sp³-hybridized carbons (Fsp3) is 0.308. The Bertz CT molecular complexity index is 601. The van der Waals surface area contributed by atoms with Gasteiger partial charge in [0.05, 0.1) is 5.69 Å². The number of H-pyrrole nitrogens is 1. The summed E-state index contributed by atoms with van der Waals surface area (Å²) in [4.78, 5) is 8.31. The van der Waals surface area contributed by atoms with Crippen molar-refractivity contribution in [2.75, 3.05) is 7.11 Å². The van der Waals surface area contributed by atoms with E-state index in [9.17, 15) is 0 Å². The van der Waals surface area contributed by atoms with E-state index in [1.165, 1.54) is 10.9 Å². The summed E-state index contributed by atoms with van der Waals surface area (Å²) in [5, 5.41) is 6.07. The highest BCUT2D eigenvalue weighted by molar-refractivity contribution is 6.31. The molecule has 88 valence electrons. The summed E-state index contributed by atoms with van der Waals surface area (Å²) < 4.78 is 0. The van der Waals surface area contributed by atoms with Crippen molar-refractivity contribution in [1.29, 1.82) is 0 Å². The number of aryl methyl sites for hydroxylation is 1.